The number of carbonyl (C=O) groups excluding carboxylic acids is 1. The van der Waals surface area contributed by atoms with Crippen molar-refractivity contribution in [3.63, 3.8) is 0 Å². The van der Waals surface area contributed by atoms with E-state index in [1.807, 2.05) is 0 Å². The van der Waals surface area contributed by atoms with Crippen molar-refractivity contribution < 1.29 is 18.9 Å². The summed E-state index contributed by atoms with van der Waals surface area (Å²) in [5.41, 5.74) is 0.489. The standard InChI is InChI=1S/C15H8ClNO5/c16-10-3-1-9(2-4-10)15(18)22-11-5-6-14-12(7-11)13(8-21-14)17(19)20/h1-8H. The molecule has 0 N–H and O–H groups in total. The third-order valence-electron chi connectivity index (χ3n) is 3.01. The molecule has 0 spiro atoms. The van der Waals surface area contributed by atoms with Gasteiger partial charge in [0.2, 0.25) is 0 Å². The van der Waals surface area contributed by atoms with E-state index in [1.165, 1.54) is 30.3 Å². The lowest BCUT2D eigenvalue weighted by Gasteiger charge is -2.04. The Labute approximate surface area is 129 Å². The topological polar surface area (TPSA) is 82.6 Å². The molecule has 110 valence electrons. The SMILES string of the molecule is O=C(Oc1ccc2occ([N+](=O)[O-])c2c1)c1ccc(Cl)cc1. The smallest absolute Gasteiger partial charge is 0.343 e. The van der Waals surface area contributed by atoms with Gasteiger partial charge in [-0.2, -0.15) is 0 Å². The van der Waals surface area contributed by atoms with Crippen LogP contribution in [0.25, 0.3) is 11.0 Å². The first-order valence-electron chi connectivity index (χ1n) is 6.18. The average Bonchev–Trinajstić information content (AvgIpc) is 2.91. The lowest BCUT2D eigenvalue weighted by molar-refractivity contribution is -0.383. The fourth-order valence-corrected chi connectivity index (χ4v) is 2.08. The van der Waals surface area contributed by atoms with Crippen LogP contribution in [-0.2, 0) is 0 Å². The first kappa shape index (κ1) is 14.1. The summed E-state index contributed by atoms with van der Waals surface area (Å²) in [7, 11) is 0. The van der Waals surface area contributed by atoms with Gasteiger partial charge in [0.25, 0.3) is 0 Å². The van der Waals surface area contributed by atoms with Crippen LogP contribution in [0.15, 0.2) is 53.1 Å². The van der Waals surface area contributed by atoms with Crippen molar-refractivity contribution in [3.05, 3.63) is 69.4 Å². The van der Waals surface area contributed by atoms with Crippen molar-refractivity contribution in [1.82, 2.24) is 0 Å². The maximum Gasteiger partial charge on any atom is 0.343 e. The van der Waals surface area contributed by atoms with Gasteiger partial charge in [0, 0.05) is 5.02 Å². The summed E-state index contributed by atoms with van der Waals surface area (Å²) in [5.74, 6) is -0.390. The van der Waals surface area contributed by atoms with Gasteiger partial charge in [-0.05, 0) is 42.5 Å². The summed E-state index contributed by atoms with van der Waals surface area (Å²) in [6, 6.07) is 10.6. The zero-order chi connectivity index (χ0) is 15.7. The Bertz CT molecular complexity index is 869. The predicted octanol–water partition coefficient (Wildman–Crippen LogP) is 4.21. The predicted molar refractivity (Wildman–Crippen MR) is 79.3 cm³/mol. The van der Waals surface area contributed by atoms with Gasteiger partial charge in [0.1, 0.15) is 16.7 Å². The van der Waals surface area contributed by atoms with Crippen LogP contribution < -0.4 is 4.74 Å². The highest BCUT2D eigenvalue weighted by molar-refractivity contribution is 6.30. The maximum absolute atomic E-state index is 12.0. The monoisotopic (exact) mass is 317 g/mol. The van der Waals surface area contributed by atoms with Crippen LogP contribution in [0.1, 0.15) is 10.4 Å². The molecule has 2 aromatic carbocycles. The van der Waals surface area contributed by atoms with E-state index in [2.05, 4.69) is 0 Å². The number of ether oxygens (including phenoxy) is 1. The molecule has 0 saturated carbocycles. The van der Waals surface area contributed by atoms with E-state index in [0.29, 0.717) is 16.2 Å². The number of esters is 1. The highest BCUT2D eigenvalue weighted by atomic mass is 35.5. The van der Waals surface area contributed by atoms with Gasteiger partial charge in [-0.15, -0.1) is 0 Å². The van der Waals surface area contributed by atoms with Gasteiger partial charge in [0.15, 0.2) is 6.26 Å². The van der Waals surface area contributed by atoms with E-state index in [0.717, 1.165) is 6.26 Å². The van der Waals surface area contributed by atoms with Crippen LogP contribution in [0.5, 0.6) is 5.75 Å². The van der Waals surface area contributed by atoms with E-state index in [1.54, 1.807) is 12.1 Å². The fourth-order valence-electron chi connectivity index (χ4n) is 1.95. The number of hydrogen-bond donors (Lipinski definition) is 0. The Kier molecular flexibility index (Phi) is 3.52. The first-order chi connectivity index (χ1) is 10.5. The van der Waals surface area contributed by atoms with E-state index in [4.69, 9.17) is 20.8 Å². The summed E-state index contributed by atoms with van der Waals surface area (Å²) >= 11 is 5.75. The average molecular weight is 318 g/mol. The third-order valence-corrected chi connectivity index (χ3v) is 3.26. The summed E-state index contributed by atoms with van der Waals surface area (Å²) in [6.07, 6.45) is 1.05. The van der Waals surface area contributed by atoms with E-state index >= 15 is 0 Å². The number of carbonyl (C=O) groups is 1. The number of halogens is 1. The molecule has 0 bridgehead atoms. The molecule has 0 unspecified atom stereocenters. The Morgan fingerprint density at radius 3 is 2.59 bits per heavy atom. The van der Waals surface area contributed by atoms with Gasteiger partial charge < -0.3 is 9.15 Å². The zero-order valence-corrected chi connectivity index (χ0v) is 11.7. The summed E-state index contributed by atoms with van der Waals surface area (Å²) in [6.45, 7) is 0. The van der Waals surface area contributed by atoms with Crippen molar-refractivity contribution in [1.29, 1.82) is 0 Å². The van der Waals surface area contributed by atoms with Crippen LogP contribution in [0.2, 0.25) is 5.02 Å². The van der Waals surface area contributed by atoms with E-state index in [9.17, 15) is 14.9 Å². The van der Waals surface area contributed by atoms with E-state index < -0.39 is 10.9 Å². The maximum atomic E-state index is 12.0. The molecule has 1 heterocycles. The molecule has 0 aliphatic heterocycles. The molecule has 0 fully saturated rings. The Balaban J connectivity index is 1.90. The largest absolute Gasteiger partial charge is 0.457 e. The molecule has 3 aromatic rings. The molecule has 1 aromatic heterocycles. The Hall–Kier alpha value is -2.86. The lowest BCUT2D eigenvalue weighted by Crippen LogP contribution is -2.08. The number of fused-ring (bicyclic) bond motifs is 1. The molecule has 22 heavy (non-hydrogen) atoms. The van der Waals surface area contributed by atoms with Crippen LogP contribution in [-0.4, -0.2) is 10.9 Å². The second kappa shape index (κ2) is 5.50. The van der Waals surface area contributed by atoms with Crippen molar-refractivity contribution in [2.24, 2.45) is 0 Å². The van der Waals surface area contributed by atoms with Gasteiger partial charge in [-0.25, -0.2) is 4.79 Å². The fraction of sp³-hybridized carbons (Fsp3) is 0. The van der Waals surface area contributed by atoms with Crippen LogP contribution in [0, 0.1) is 10.1 Å². The van der Waals surface area contributed by atoms with Crippen LogP contribution in [0.3, 0.4) is 0 Å². The minimum absolute atomic E-state index is 0.181. The number of nitro groups is 1. The molecule has 0 saturated heterocycles. The summed E-state index contributed by atoms with van der Waals surface area (Å²) in [5, 5.41) is 11.7. The highest BCUT2D eigenvalue weighted by Gasteiger charge is 2.17. The molecule has 7 heteroatoms. The molecule has 0 radical (unpaired) electrons. The minimum Gasteiger partial charge on any atom is -0.457 e. The highest BCUT2D eigenvalue weighted by Crippen LogP contribution is 2.31. The second-order valence-corrected chi connectivity index (χ2v) is 4.87. The quantitative estimate of drug-likeness (QED) is 0.313. The molecule has 6 nitrogen and oxygen atoms in total. The number of benzene rings is 2. The summed E-state index contributed by atoms with van der Waals surface area (Å²) in [4.78, 5) is 22.3. The number of nitrogens with zero attached hydrogens (tertiary/aromatic N) is 1. The van der Waals surface area contributed by atoms with Crippen molar-refractivity contribution in [2.45, 2.75) is 0 Å². The minimum atomic E-state index is -0.581. The normalized spacial score (nSPS) is 10.6. The third kappa shape index (κ3) is 2.64. The molecule has 0 aliphatic rings. The van der Waals surface area contributed by atoms with Crippen LogP contribution in [0.4, 0.5) is 5.69 Å². The van der Waals surface area contributed by atoms with Crippen LogP contribution >= 0.6 is 11.6 Å². The number of furan rings is 1. The van der Waals surface area contributed by atoms with Gasteiger partial charge in [-0.1, -0.05) is 11.6 Å². The molecule has 0 amide bonds. The molecular weight excluding hydrogens is 310 g/mol. The molecule has 0 atom stereocenters. The second-order valence-electron chi connectivity index (χ2n) is 4.43. The van der Waals surface area contributed by atoms with Crippen molar-refractivity contribution in [3.8, 4) is 5.75 Å². The first-order valence-corrected chi connectivity index (χ1v) is 6.56. The van der Waals surface area contributed by atoms with E-state index in [-0.39, 0.29) is 16.8 Å². The summed E-state index contributed by atoms with van der Waals surface area (Å²) < 4.78 is 10.3. The van der Waals surface area contributed by atoms with Crippen molar-refractivity contribution in [2.75, 3.05) is 0 Å². The van der Waals surface area contributed by atoms with Crippen molar-refractivity contribution >= 4 is 34.2 Å². The molecule has 0 aliphatic carbocycles. The number of hydrogen-bond acceptors (Lipinski definition) is 5. The number of rotatable bonds is 3. The lowest BCUT2D eigenvalue weighted by atomic mass is 10.2. The van der Waals surface area contributed by atoms with Gasteiger partial charge in [-0.3, -0.25) is 10.1 Å². The molecule has 3 rings (SSSR count). The Morgan fingerprint density at radius 1 is 1.18 bits per heavy atom. The molecular formula is C15H8ClNO5. The van der Waals surface area contributed by atoms with Gasteiger partial charge >= 0.3 is 11.7 Å². The Morgan fingerprint density at radius 2 is 1.91 bits per heavy atom. The van der Waals surface area contributed by atoms with Gasteiger partial charge in [0.05, 0.1) is 10.5 Å². The zero-order valence-electron chi connectivity index (χ0n) is 11.0.